The molecule has 0 unspecified atom stereocenters. The number of hydrogen-bond donors (Lipinski definition) is 1. The maximum atomic E-state index is 5.78. The Labute approximate surface area is 101 Å². The van der Waals surface area contributed by atoms with Crippen molar-refractivity contribution >= 4 is 23.0 Å². The molecule has 1 fully saturated rings. The van der Waals surface area contributed by atoms with Crippen LogP contribution in [0.2, 0.25) is 0 Å². The van der Waals surface area contributed by atoms with Gasteiger partial charge < -0.3 is 10.6 Å². The Hall–Kier alpha value is -1.23. The number of rotatable bonds is 3. The van der Waals surface area contributed by atoms with E-state index in [0.29, 0.717) is 11.0 Å². The monoisotopic (exact) mass is 236 g/mol. The number of anilines is 1. The third-order valence-corrected chi connectivity index (χ3v) is 3.32. The second kappa shape index (κ2) is 3.97. The highest BCUT2D eigenvalue weighted by molar-refractivity contribution is 7.80. The largest absolute Gasteiger partial charge is 0.389 e. The van der Waals surface area contributed by atoms with E-state index < -0.39 is 0 Å². The standard InChI is InChI=1S/C11H16N4S/c1-6-7(2)13-14-11(9(6)10(12)16)15(3)8-4-5-8/h8H,4-5H2,1-3H3,(H2,12,16). The van der Waals surface area contributed by atoms with Crippen LogP contribution in [0.15, 0.2) is 0 Å². The van der Waals surface area contributed by atoms with Crippen molar-refractivity contribution < 1.29 is 0 Å². The summed E-state index contributed by atoms with van der Waals surface area (Å²) in [6, 6.07) is 0.574. The van der Waals surface area contributed by atoms with Crippen molar-refractivity contribution in [3.05, 3.63) is 16.8 Å². The molecular formula is C11H16N4S. The second-order valence-electron chi connectivity index (χ2n) is 4.32. The fourth-order valence-electron chi connectivity index (χ4n) is 1.77. The zero-order valence-electron chi connectivity index (χ0n) is 9.82. The summed E-state index contributed by atoms with van der Waals surface area (Å²) in [4.78, 5) is 2.53. The SMILES string of the molecule is Cc1nnc(N(C)C2CC2)c(C(N)=S)c1C. The van der Waals surface area contributed by atoms with Crippen LogP contribution in [-0.4, -0.2) is 28.3 Å². The molecule has 0 bridgehead atoms. The molecule has 2 rings (SSSR count). The normalized spacial score (nSPS) is 14.9. The molecule has 0 aliphatic heterocycles. The molecule has 1 aliphatic carbocycles. The van der Waals surface area contributed by atoms with E-state index in [-0.39, 0.29) is 0 Å². The van der Waals surface area contributed by atoms with Crippen molar-refractivity contribution in [3.8, 4) is 0 Å². The van der Waals surface area contributed by atoms with E-state index in [1.165, 1.54) is 12.8 Å². The average molecular weight is 236 g/mol. The van der Waals surface area contributed by atoms with Gasteiger partial charge in [0.2, 0.25) is 0 Å². The lowest BCUT2D eigenvalue weighted by molar-refractivity contribution is 0.844. The van der Waals surface area contributed by atoms with Gasteiger partial charge in [-0.3, -0.25) is 0 Å². The Morgan fingerprint density at radius 3 is 2.50 bits per heavy atom. The molecule has 1 heterocycles. The highest BCUT2D eigenvalue weighted by Gasteiger charge is 2.30. The molecule has 0 atom stereocenters. The molecule has 0 radical (unpaired) electrons. The second-order valence-corrected chi connectivity index (χ2v) is 4.76. The number of nitrogens with zero attached hydrogens (tertiary/aromatic N) is 3. The van der Waals surface area contributed by atoms with Crippen LogP contribution >= 0.6 is 12.2 Å². The van der Waals surface area contributed by atoms with Gasteiger partial charge in [-0.2, -0.15) is 5.10 Å². The fraction of sp³-hybridized carbons (Fsp3) is 0.545. The molecule has 1 saturated carbocycles. The first kappa shape index (κ1) is 11.3. The minimum absolute atomic E-state index is 0.401. The van der Waals surface area contributed by atoms with Crippen LogP contribution in [0.3, 0.4) is 0 Å². The summed E-state index contributed by atoms with van der Waals surface area (Å²) in [6.45, 7) is 3.91. The van der Waals surface area contributed by atoms with Crippen LogP contribution in [0.4, 0.5) is 5.82 Å². The minimum Gasteiger partial charge on any atom is -0.389 e. The van der Waals surface area contributed by atoms with Crippen LogP contribution in [-0.2, 0) is 0 Å². The average Bonchev–Trinajstić information content (AvgIpc) is 3.03. The Bertz CT molecular complexity index is 440. The lowest BCUT2D eigenvalue weighted by atomic mass is 10.1. The van der Waals surface area contributed by atoms with Crippen molar-refractivity contribution in [1.29, 1.82) is 0 Å². The number of aryl methyl sites for hydroxylation is 1. The third kappa shape index (κ3) is 1.87. The fourth-order valence-corrected chi connectivity index (χ4v) is 2.02. The Kier molecular flexibility index (Phi) is 2.80. The van der Waals surface area contributed by atoms with Gasteiger partial charge in [-0.25, -0.2) is 0 Å². The summed E-state index contributed by atoms with van der Waals surface area (Å²) in [6.07, 6.45) is 2.42. The molecule has 0 aromatic carbocycles. The first-order chi connectivity index (χ1) is 7.52. The maximum Gasteiger partial charge on any atom is 0.161 e. The van der Waals surface area contributed by atoms with E-state index in [2.05, 4.69) is 15.1 Å². The number of hydrogen-bond acceptors (Lipinski definition) is 4. The highest BCUT2D eigenvalue weighted by atomic mass is 32.1. The molecule has 0 spiro atoms. The third-order valence-electron chi connectivity index (χ3n) is 3.11. The smallest absolute Gasteiger partial charge is 0.161 e. The first-order valence-electron chi connectivity index (χ1n) is 5.39. The Morgan fingerprint density at radius 1 is 1.38 bits per heavy atom. The van der Waals surface area contributed by atoms with Gasteiger partial charge in [-0.1, -0.05) is 12.2 Å². The first-order valence-corrected chi connectivity index (χ1v) is 5.79. The van der Waals surface area contributed by atoms with E-state index in [0.717, 1.165) is 22.6 Å². The zero-order chi connectivity index (χ0) is 11.9. The zero-order valence-corrected chi connectivity index (χ0v) is 10.6. The predicted molar refractivity (Wildman–Crippen MR) is 68.8 cm³/mol. The van der Waals surface area contributed by atoms with E-state index in [9.17, 15) is 0 Å². The van der Waals surface area contributed by atoms with E-state index in [1.54, 1.807) is 0 Å². The molecule has 1 aromatic heterocycles. The topological polar surface area (TPSA) is 55.0 Å². The van der Waals surface area contributed by atoms with E-state index >= 15 is 0 Å². The van der Waals surface area contributed by atoms with Gasteiger partial charge in [-0.05, 0) is 32.3 Å². The van der Waals surface area contributed by atoms with Crippen LogP contribution in [0.5, 0.6) is 0 Å². The lowest BCUT2D eigenvalue weighted by Crippen LogP contribution is -2.26. The van der Waals surface area contributed by atoms with Gasteiger partial charge in [0, 0.05) is 13.1 Å². The van der Waals surface area contributed by atoms with Gasteiger partial charge in [-0.15, -0.1) is 5.10 Å². The molecule has 2 N–H and O–H groups in total. The van der Waals surface area contributed by atoms with Crippen LogP contribution in [0.1, 0.15) is 29.7 Å². The van der Waals surface area contributed by atoms with Gasteiger partial charge in [0.25, 0.3) is 0 Å². The molecule has 16 heavy (non-hydrogen) atoms. The predicted octanol–water partition coefficient (Wildman–Crippen LogP) is 1.33. The molecule has 4 nitrogen and oxygen atoms in total. The van der Waals surface area contributed by atoms with Crippen molar-refractivity contribution in [3.63, 3.8) is 0 Å². The van der Waals surface area contributed by atoms with Gasteiger partial charge in [0.05, 0.1) is 11.3 Å². The Morgan fingerprint density at radius 2 is 2.00 bits per heavy atom. The Balaban J connectivity index is 2.51. The number of thiocarbonyl (C=S) groups is 1. The van der Waals surface area contributed by atoms with Gasteiger partial charge in [0.1, 0.15) is 4.99 Å². The number of nitrogens with two attached hydrogens (primary N) is 1. The van der Waals surface area contributed by atoms with Crippen molar-refractivity contribution in [2.24, 2.45) is 5.73 Å². The molecule has 86 valence electrons. The maximum absolute atomic E-state index is 5.78. The summed E-state index contributed by atoms with van der Waals surface area (Å²) < 4.78 is 0. The van der Waals surface area contributed by atoms with Crippen LogP contribution in [0, 0.1) is 13.8 Å². The lowest BCUT2D eigenvalue weighted by Gasteiger charge is -2.21. The van der Waals surface area contributed by atoms with Crippen molar-refractivity contribution in [2.75, 3.05) is 11.9 Å². The van der Waals surface area contributed by atoms with Crippen LogP contribution < -0.4 is 10.6 Å². The highest BCUT2D eigenvalue weighted by Crippen LogP contribution is 2.31. The summed E-state index contributed by atoms with van der Waals surface area (Å²) in [7, 11) is 2.03. The van der Waals surface area contributed by atoms with Gasteiger partial charge in [0.15, 0.2) is 5.82 Å². The van der Waals surface area contributed by atoms with E-state index in [4.69, 9.17) is 18.0 Å². The molecule has 1 aromatic rings. The van der Waals surface area contributed by atoms with Crippen molar-refractivity contribution in [1.82, 2.24) is 10.2 Å². The summed E-state index contributed by atoms with van der Waals surface area (Å²) in [5.74, 6) is 0.818. The van der Waals surface area contributed by atoms with E-state index in [1.807, 2.05) is 20.9 Å². The van der Waals surface area contributed by atoms with Crippen molar-refractivity contribution in [2.45, 2.75) is 32.7 Å². The molecule has 0 amide bonds. The molecule has 0 saturated heterocycles. The minimum atomic E-state index is 0.401. The quantitative estimate of drug-likeness (QED) is 0.802. The van der Waals surface area contributed by atoms with Crippen LogP contribution in [0.25, 0.3) is 0 Å². The molecular weight excluding hydrogens is 220 g/mol. The summed E-state index contributed by atoms with van der Waals surface area (Å²) in [5, 5.41) is 8.38. The number of aromatic nitrogens is 2. The van der Waals surface area contributed by atoms with Gasteiger partial charge >= 0.3 is 0 Å². The summed E-state index contributed by atoms with van der Waals surface area (Å²) >= 11 is 5.11. The summed E-state index contributed by atoms with van der Waals surface area (Å²) in [5.41, 5.74) is 8.57. The molecule has 1 aliphatic rings. The molecule has 5 heteroatoms.